The summed E-state index contributed by atoms with van der Waals surface area (Å²) in [6.45, 7) is 6.73. The average Bonchev–Trinajstić information content (AvgIpc) is 3.36. The van der Waals surface area contributed by atoms with E-state index in [1.807, 2.05) is 18.2 Å². The SMILES string of the molecule is CC(C)(C)[C@@H]1CCc2c(sc(NC(=O)/C=C/c3ccc(-c4ccc(Cl)cc4)o3)c2C(N)=O)C1. The molecule has 0 aliphatic heterocycles. The fourth-order valence-corrected chi connectivity index (χ4v) is 5.66. The van der Waals surface area contributed by atoms with Gasteiger partial charge >= 0.3 is 0 Å². The number of fused-ring (bicyclic) bond motifs is 1. The number of nitrogens with two attached hydrogens (primary N) is 1. The molecule has 1 aliphatic rings. The van der Waals surface area contributed by atoms with E-state index in [-0.39, 0.29) is 11.3 Å². The molecule has 2 aromatic heterocycles. The van der Waals surface area contributed by atoms with Crippen LogP contribution in [-0.4, -0.2) is 11.8 Å². The van der Waals surface area contributed by atoms with Crippen molar-refractivity contribution in [2.75, 3.05) is 5.32 Å². The van der Waals surface area contributed by atoms with Gasteiger partial charge in [0.25, 0.3) is 5.91 Å². The van der Waals surface area contributed by atoms with Crippen LogP contribution in [0.15, 0.2) is 46.9 Å². The minimum absolute atomic E-state index is 0.189. The molecular formula is C26H27ClN2O3S. The zero-order valence-electron chi connectivity index (χ0n) is 18.9. The third-order valence-electron chi connectivity index (χ3n) is 6.13. The summed E-state index contributed by atoms with van der Waals surface area (Å²) in [5, 5.41) is 4.03. The van der Waals surface area contributed by atoms with Crippen molar-refractivity contribution in [3.05, 3.63) is 69.3 Å². The van der Waals surface area contributed by atoms with Crippen molar-refractivity contribution in [1.82, 2.24) is 0 Å². The highest BCUT2D eigenvalue weighted by atomic mass is 35.5. The van der Waals surface area contributed by atoms with Crippen LogP contribution in [0.1, 0.15) is 53.8 Å². The predicted molar refractivity (Wildman–Crippen MR) is 135 cm³/mol. The maximum atomic E-state index is 12.6. The summed E-state index contributed by atoms with van der Waals surface area (Å²) in [6, 6.07) is 11.0. The topological polar surface area (TPSA) is 85.3 Å². The number of hydrogen-bond donors (Lipinski definition) is 2. The molecule has 0 fully saturated rings. The van der Waals surface area contributed by atoms with Crippen molar-refractivity contribution in [1.29, 1.82) is 0 Å². The molecule has 1 atom stereocenters. The Balaban J connectivity index is 1.49. The van der Waals surface area contributed by atoms with E-state index in [4.69, 9.17) is 21.8 Å². The molecule has 7 heteroatoms. The monoisotopic (exact) mass is 482 g/mol. The van der Waals surface area contributed by atoms with Crippen LogP contribution in [0.3, 0.4) is 0 Å². The molecule has 1 aliphatic carbocycles. The number of carbonyl (C=O) groups excluding carboxylic acids is 2. The van der Waals surface area contributed by atoms with Crippen LogP contribution in [0.5, 0.6) is 0 Å². The number of benzene rings is 1. The molecule has 5 nitrogen and oxygen atoms in total. The fourth-order valence-electron chi connectivity index (χ4n) is 4.20. The van der Waals surface area contributed by atoms with Crippen LogP contribution in [0, 0.1) is 11.3 Å². The second-order valence-electron chi connectivity index (χ2n) is 9.41. The molecule has 0 unspecified atom stereocenters. The highest BCUT2D eigenvalue weighted by Crippen LogP contribution is 2.44. The van der Waals surface area contributed by atoms with Crippen LogP contribution >= 0.6 is 22.9 Å². The molecule has 3 N–H and O–H groups in total. The lowest BCUT2D eigenvalue weighted by molar-refractivity contribution is -0.111. The van der Waals surface area contributed by atoms with Crippen molar-refractivity contribution < 1.29 is 14.0 Å². The Hall–Kier alpha value is -2.83. The summed E-state index contributed by atoms with van der Waals surface area (Å²) in [5.74, 6) is 0.917. The summed E-state index contributed by atoms with van der Waals surface area (Å²) < 4.78 is 5.80. The maximum Gasteiger partial charge on any atom is 0.251 e. The molecule has 0 bridgehead atoms. The van der Waals surface area contributed by atoms with Gasteiger partial charge in [0, 0.05) is 21.5 Å². The first-order valence-corrected chi connectivity index (χ1v) is 12.1. The van der Waals surface area contributed by atoms with Crippen LogP contribution < -0.4 is 11.1 Å². The molecule has 3 aromatic rings. The Morgan fingerprint density at radius 3 is 2.58 bits per heavy atom. The van der Waals surface area contributed by atoms with E-state index in [0.717, 1.165) is 35.3 Å². The van der Waals surface area contributed by atoms with E-state index >= 15 is 0 Å². The minimum Gasteiger partial charge on any atom is -0.457 e. The van der Waals surface area contributed by atoms with Crippen molar-refractivity contribution >= 4 is 45.8 Å². The maximum absolute atomic E-state index is 12.6. The van der Waals surface area contributed by atoms with Gasteiger partial charge < -0.3 is 15.5 Å². The molecule has 2 amide bonds. The van der Waals surface area contributed by atoms with Crippen molar-refractivity contribution in [2.45, 2.75) is 40.0 Å². The van der Waals surface area contributed by atoms with Gasteiger partial charge in [-0.1, -0.05) is 32.4 Å². The first kappa shape index (κ1) is 23.3. The molecule has 0 spiro atoms. The summed E-state index contributed by atoms with van der Waals surface area (Å²) in [4.78, 5) is 25.9. The van der Waals surface area contributed by atoms with Crippen LogP contribution in [0.4, 0.5) is 5.00 Å². The summed E-state index contributed by atoms with van der Waals surface area (Å²) in [7, 11) is 0. The highest BCUT2D eigenvalue weighted by molar-refractivity contribution is 7.17. The number of hydrogen-bond acceptors (Lipinski definition) is 4. The molecule has 2 heterocycles. The number of thiophene rings is 1. The van der Waals surface area contributed by atoms with E-state index in [2.05, 4.69) is 26.1 Å². The van der Waals surface area contributed by atoms with Crippen molar-refractivity contribution in [3.63, 3.8) is 0 Å². The molecule has 4 rings (SSSR count). The average molecular weight is 483 g/mol. The third kappa shape index (κ3) is 5.23. The number of rotatable bonds is 5. The second kappa shape index (κ2) is 9.20. The van der Waals surface area contributed by atoms with Gasteiger partial charge in [-0.3, -0.25) is 9.59 Å². The number of amides is 2. The number of nitrogens with one attached hydrogen (secondary N) is 1. The number of primary amides is 1. The van der Waals surface area contributed by atoms with E-state index < -0.39 is 5.91 Å². The standard InChI is InChI=1S/C26H27ClN2O3S/c1-26(2,3)16-6-11-19-21(14-16)33-25(23(19)24(28)31)29-22(30)13-10-18-9-12-20(32-18)15-4-7-17(27)8-5-15/h4-5,7-10,12-13,16H,6,11,14H2,1-3H3,(H2,28,31)(H,29,30)/b13-10+/t16-/m1/s1. The number of anilines is 1. The van der Waals surface area contributed by atoms with Crippen molar-refractivity contribution in [2.24, 2.45) is 17.1 Å². The number of furan rings is 1. The Kier molecular flexibility index (Phi) is 6.50. The molecule has 0 radical (unpaired) electrons. The van der Waals surface area contributed by atoms with Crippen molar-refractivity contribution in [3.8, 4) is 11.3 Å². The molecule has 172 valence electrons. The Bertz CT molecular complexity index is 1220. The minimum atomic E-state index is -0.500. The lowest BCUT2D eigenvalue weighted by atomic mass is 9.72. The quantitative estimate of drug-likeness (QED) is 0.403. The fraction of sp³-hybridized carbons (Fsp3) is 0.308. The predicted octanol–water partition coefficient (Wildman–Crippen LogP) is 6.56. The summed E-state index contributed by atoms with van der Waals surface area (Å²) in [5.41, 5.74) is 8.21. The summed E-state index contributed by atoms with van der Waals surface area (Å²) >= 11 is 7.39. The van der Waals surface area contributed by atoms with Gasteiger partial charge in [-0.15, -0.1) is 11.3 Å². The Labute approximate surface area is 202 Å². The van der Waals surface area contributed by atoms with Gasteiger partial charge in [-0.25, -0.2) is 0 Å². The highest BCUT2D eigenvalue weighted by Gasteiger charge is 2.33. The first-order valence-electron chi connectivity index (χ1n) is 10.9. The molecule has 0 saturated heterocycles. The van der Waals surface area contributed by atoms with Crippen LogP contribution in [0.2, 0.25) is 5.02 Å². The zero-order chi connectivity index (χ0) is 23.8. The van der Waals surface area contributed by atoms with Crippen LogP contribution in [0.25, 0.3) is 17.4 Å². The largest absolute Gasteiger partial charge is 0.457 e. The Morgan fingerprint density at radius 1 is 1.18 bits per heavy atom. The number of carbonyl (C=O) groups is 2. The Morgan fingerprint density at radius 2 is 1.91 bits per heavy atom. The van der Waals surface area contributed by atoms with Gasteiger partial charge in [0.2, 0.25) is 5.91 Å². The van der Waals surface area contributed by atoms with Gasteiger partial charge in [0.05, 0.1) is 5.56 Å². The van der Waals surface area contributed by atoms with Crippen LogP contribution in [-0.2, 0) is 17.6 Å². The van der Waals surface area contributed by atoms with Gasteiger partial charge in [0.15, 0.2) is 0 Å². The van der Waals surface area contributed by atoms with E-state index in [0.29, 0.717) is 33.0 Å². The van der Waals surface area contributed by atoms with E-state index in [1.54, 1.807) is 24.3 Å². The zero-order valence-corrected chi connectivity index (χ0v) is 20.5. The lowest BCUT2D eigenvalue weighted by Gasteiger charge is -2.33. The summed E-state index contributed by atoms with van der Waals surface area (Å²) in [6.07, 6.45) is 5.70. The smallest absolute Gasteiger partial charge is 0.251 e. The molecule has 1 aromatic carbocycles. The molecular weight excluding hydrogens is 456 g/mol. The van der Waals surface area contributed by atoms with Gasteiger partial charge in [-0.2, -0.15) is 0 Å². The molecule has 0 saturated carbocycles. The van der Waals surface area contributed by atoms with Gasteiger partial charge in [-0.05, 0) is 78.6 Å². The van der Waals surface area contributed by atoms with Gasteiger partial charge in [0.1, 0.15) is 16.5 Å². The third-order valence-corrected chi connectivity index (χ3v) is 7.55. The normalized spacial score (nSPS) is 16.1. The second-order valence-corrected chi connectivity index (χ2v) is 11.0. The van der Waals surface area contributed by atoms with E-state index in [1.165, 1.54) is 17.4 Å². The number of halogens is 1. The first-order chi connectivity index (χ1) is 15.6. The lowest BCUT2D eigenvalue weighted by Crippen LogP contribution is -2.27. The molecule has 33 heavy (non-hydrogen) atoms. The van der Waals surface area contributed by atoms with E-state index in [9.17, 15) is 9.59 Å².